The van der Waals surface area contributed by atoms with Crippen molar-refractivity contribution in [2.45, 2.75) is 39.8 Å². The molecule has 0 amide bonds. The Balaban J connectivity index is 2.16. The fraction of sp³-hybridized carbons (Fsp3) is 0.467. The Hall–Kier alpha value is -1.28. The van der Waals surface area contributed by atoms with E-state index in [9.17, 15) is 0 Å². The molecule has 0 unspecified atom stereocenters. The predicted octanol–water partition coefficient (Wildman–Crippen LogP) is 3.57. The fourth-order valence-corrected chi connectivity index (χ4v) is 2.19. The molecule has 0 aliphatic rings. The number of hydrogen-bond donors (Lipinski definition) is 1. The third kappa shape index (κ3) is 2.89. The average Bonchev–Trinajstić information content (AvgIpc) is 2.71. The zero-order valence-corrected chi connectivity index (χ0v) is 10.7. The molecule has 2 aromatic rings. The van der Waals surface area contributed by atoms with Gasteiger partial charge in [-0.3, -0.25) is 0 Å². The molecule has 1 N–H and O–H groups in total. The summed E-state index contributed by atoms with van der Waals surface area (Å²) in [6.45, 7) is 5.71. The highest BCUT2D eigenvalue weighted by Gasteiger charge is 2.02. The minimum Gasteiger partial charge on any atom is -0.392 e. The van der Waals surface area contributed by atoms with Gasteiger partial charge in [0.1, 0.15) is 0 Å². The monoisotopic (exact) mass is 231 g/mol. The number of nitrogens with zero attached hydrogens (tertiary/aromatic N) is 1. The predicted molar refractivity (Wildman–Crippen MR) is 71.9 cm³/mol. The Labute approximate surface area is 103 Å². The van der Waals surface area contributed by atoms with Crippen LogP contribution in [0.25, 0.3) is 10.9 Å². The first-order valence-corrected chi connectivity index (χ1v) is 6.39. The van der Waals surface area contributed by atoms with Crippen LogP contribution in [-0.4, -0.2) is 9.67 Å². The normalized spacial score (nSPS) is 11.5. The van der Waals surface area contributed by atoms with Gasteiger partial charge in [0.05, 0.1) is 6.61 Å². The Morgan fingerprint density at radius 1 is 1.24 bits per heavy atom. The third-order valence-electron chi connectivity index (χ3n) is 3.20. The Morgan fingerprint density at radius 2 is 2.06 bits per heavy atom. The van der Waals surface area contributed by atoms with Crippen LogP contribution in [0, 0.1) is 5.92 Å². The molecule has 2 nitrogen and oxygen atoms in total. The van der Waals surface area contributed by atoms with Crippen molar-refractivity contribution in [2.24, 2.45) is 5.92 Å². The second-order valence-electron chi connectivity index (χ2n) is 5.10. The van der Waals surface area contributed by atoms with Crippen LogP contribution in [0.2, 0.25) is 0 Å². The van der Waals surface area contributed by atoms with E-state index in [-0.39, 0.29) is 6.61 Å². The number of aryl methyl sites for hydroxylation is 1. The summed E-state index contributed by atoms with van der Waals surface area (Å²) in [7, 11) is 0. The summed E-state index contributed by atoms with van der Waals surface area (Å²) in [6.07, 6.45) is 4.62. The molecule has 2 rings (SSSR count). The van der Waals surface area contributed by atoms with E-state index in [0.29, 0.717) is 0 Å². The van der Waals surface area contributed by atoms with E-state index in [2.05, 4.69) is 42.8 Å². The van der Waals surface area contributed by atoms with Crippen molar-refractivity contribution in [3.8, 4) is 0 Å². The molecule has 1 aromatic heterocycles. The van der Waals surface area contributed by atoms with Crippen LogP contribution in [0.15, 0.2) is 30.5 Å². The molecule has 0 aliphatic heterocycles. The fourth-order valence-electron chi connectivity index (χ4n) is 2.19. The van der Waals surface area contributed by atoms with Crippen LogP contribution >= 0.6 is 0 Å². The van der Waals surface area contributed by atoms with Gasteiger partial charge >= 0.3 is 0 Å². The SMILES string of the molecule is CC(C)CCCn1ccc2ccc(CO)cc21. The molecule has 0 spiro atoms. The summed E-state index contributed by atoms with van der Waals surface area (Å²) in [5.41, 5.74) is 2.22. The van der Waals surface area contributed by atoms with Crippen molar-refractivity contribution in [3.05, 3.63) is 36.0 Å². The Bertz CT molecular complexity index is 485. The molecule has 0 saturated carbocycles. The lowest BCUT2D eigenvalue weighted by atomic mass is 10.1. The van der Waals surface area contributed by atoms with E-state index >= 15 is 0 Å². The lowest BCUT2D eigenvalue weighted by Gasteiger charge is -2.08. The van der Waals surface area contributed by atoms with Crippen molar-refractivity contribution in [1.29, 1.82) is 0 Å². The minimum absolute atomic E-state index is 0.118. The first-order valence-electron chi connectivity index (χ1n) is 6.39. The number of rotatable bonds is 5. The summed E-state index contributed by atoms with van der Waals surface area (Å²) in [4.78, 5) is 0. The number of benzene rings is 1. The summed E-state index contributed by atoms with van der Waals surface area (Å²) in [6, 6.07) is 8.30. The highest BCUT2D eigenvalue weighted by Crippen LogP contribution is 2.19. The molecule has 92 valence electrons. The van der Waals surface area contributed by atoms with Gasteiger partial charge in [-0.1, -0.05) is 26.0 Å². The second kappa shape index (κ2) is 5.37. The second-order valence-corrected chi connectivity index (χ2v) is 5.10. The van der Waals surface area contributed by atoms with E-state index in [4.69, 9.17) is 5.11 Å². The average molecular weight is 231 g/mol. The van der Waals surface area contributed by atoms with Crippen molar-refractivity contribution in [3.63, 3.8) is 0 Å². The number of aliphatic hydroxyl groups is 1. The molecule has 1 heterocycles. The first-order chi connectivity index (χ1) is 8.20. The minimum atomic E-state index is 0.118. The maximum absolute atomic E-state index is 9.17. The molecule has 17 heavy (non-hydrogen) atoms. The molecule has 0 fully saturated rings. The number of hydrogen-bond acceptors (Lipinski definition) is 1. The van der Waals surface area contributed by atoms with E-state index < -0.39 is 0 Å². The quantitative estimate of drug-likeness (QED) is 0.836. The van der Waals surface area contributed by atoms with Gasteiger partial charge in [-0.2, -0.15) is 0 Å². The van der Waals surface area contributed by atoms with Gasteiger partial charge < -0.3 is 9.67 Å². The summed E-state index contributed by atoms with van der Waals surface area (Å²) in [5.74, 6) is 0.768. The lowest BCUT2D eigenvalue weighted by molar-refractivity contribution is 0.282. The van der Waals surface area contributed by atoms with E-state index in [1.807, 2.05) is 6.07 Å². The highest BCUT2D eigenvalue weighted by atomic mass is 16.3. The van der Waals surface area contributed by atoms with Gasteiger partial charge in [0.25, 0.3) is 0 Å². The topological polar surface area (TPSA) is 25.2 Å². The summed E-state index contributed by atoms with van der Waals surface area (Å²) >= 11 is 0. The molecular weight excluding hydrogens is 210 g/mol. The third-order valence-corrected chi connectivity index (χ3v) is 3.20. The van der Waals surface area contributed by atoms with Crippen molar-refractivity contribution in [1.82, 2.24) is 4.57 Å². The molecule has 0 saturated heterocycles. The lowest BCUT2D eigenvalue weighted by Crippen LogP contribution is -1.98. The summed E-state index contributed by atoms with van der Waals surface area (Å²) < 4.78 is 2.29. The molecule has 2 heteroatoms. The molecule has 1 aromatic carbocycles. The van der Waals surface area contributed by atoms with Crippen LogP contribution < -0.4 is 0 Å². The molecular formula is C15H21NO. The van der Waals surface area contributed by atoms with Gasteiger partial charge in [-0.25, -0.2) is 0 Å². The van der Waals surface area contributed by atoms with E-state index in [0.717, 1.165) is 18.0 Å². The van der Waals surface area contributed by atoms with Crippen molar-refractivity contribution < 1.29 is 5.11 Å². The maximum Gasteiger partial charge on any atom is 0.0682 e. The van der Waals surface area contributed by atoms with Gasteiger partial charge in [0, 0.05) is 18.3 Å². The number of aromatic nitrogens is 1. The zero-order chi connectivity index (χ0) is 12.3. The largest absolute Gasteiger partial charge is 0.392 e. The smallest absolute Gasteiger partial charge is 0.0682 e. The van der Waals surface area contributed by atoms with Crippen LogP contribution in [-0.2, 0) is 13.2 Å². The van der Waals surface area contributed by atoms with Crippen LogP contribution in [0.4, 0.5) is 0 Å². The Kier molecular flexibility index (Phi) is 3.85. The van der Waals surface area contributed by atoms with Gasteiger partial charge in [0.2, 0.25) is 0 Å². The highest BCUT2D eigenvalue weighted by molar-refractivity contribution is 5.80. The van der Waals surface area contributed by atoms with Gasteiger partial charge in [-0.05, 0) is 41.8 Å². The molecule has 0 aliphatic carbocycles. The molecule has 0 atom stereocenters. The first kappa shape index (κ1) is 12.2. The van der Waals surface area contributed by atoms with E-state index in [1.54, 1.807) is 0 Å². The molecule has 0 bridgehead atoms. The molecule has 0 radical (unpaired) electrons. The number of fused-ring (bicyclic) bond motifs is 1. The van der Waals surface area contributed by atoms with Crippen molar-refractivity contribution >= 4 is 10.9 Å². The standard InChI is InChI=1S/C15H21NO/c1-12(2)4-3-8-16-9-7-14-6-5-13(11-17)10-15(14)16/h5-7,9-10,12,17H,3-4,8,11H2,1-2H3. The Morgan fingerprint density at radius 3 is 2.76 bits per heavy atom. The van der Waals surface area contributed by atoms with Crippen LogP contribution in [0.3, 0.4) is 0 Å². The number of aliphatic hydroxyl groups excluding tert-OH is 1. The van der Waals surface area contributed by atoms with Gasteiger partial charge in [0.15, 0.2) is 0 Å². The maximum atomic E-state index is 9.17. The van der Waals surface area contributed by atoms with E-state index in [1.165, 1.54) is 23.7 Å². The zero-order valence-electron chi connectivity index (χ0n) is 10.7. The van der Waals surface area contributed by atoms with Crippen LogP contribution in [0.1, 0.15) is 32.3 Å². The van der Waals surface area contributed by atoms with Crippen molar-refractivity contribution in [2.75, 3.05) is 0 Å². The van der Waals surface area contributed by atoms with Gasteiger partial charge in [-0.15, -0.1) is 0 Å². The summed E-state index contributed by atoms with van der Waals surface area (Å²) in [5, 5.41) is 10.4. The van der Waals surface area contributed by atoms with Crippen LogP contribution in [0.5, 0.6) is 0 Å².